The van der Waals surface area contributed by atoms with Gasteiger partial charge in [-0.25, -0.2) is 8.42 Å². The summed E-state index contributed by atoms with van der Waals surface area (Å²) in [6, 6.07) is 8.52. The van der Waals surface area contributed by atoms with Crippen molar-refractivity contribution in [3.8, 4) is 11.6 Å². The van der Waals surface area contributed by atoms with Crippen LogP contribution in [-0.2, 0) is 14.8 Å². The van der Waals surface area contributed by atoms with Gasteiger partial charge in [0, 0.05) is 24.9 Å². The molecule has 1 aliphatic rings. The lowest BCUT2D eigenvalue weighted by Gasteiger charge is -2.35. The molecule has 1 N–H and O–H groups in total. The third kappa shape index (κ3) is 5.94. The number of benzene rings is 1. The van der Waals surface area contributed by atoms with Crippen molar-refractivity contribution in [3.05, 3.63) is 59.0 Å². The first-order valence-corrected chi connectivity index (χ1v) is 14.0. The van der Waals surface area contributed by atoms with Crippen molar-refractivity contribution in [2.75, 3.05) is 17.5 Å². The zero-order valence-corrected chi connectivity index (χ0v) is 22.8. The van der Waals surface area contributed by atoms with Gasteiger partial charge in [0.1, 0.15) is 11.9 Å². The van der Waals surface area contributed by atoms with Crippen LogP contribution in [0.5, 0.6) is 11.6 Å². The highest BCUT2D eigenvalue weighted by Gasteiger charge is 2.38. The Hall–Kier alpha value is -3.57. The Balaban J connectivity index is 1.77. The first-order valence-electron chi connectivity index (χ1n) is 12.2. The van der Waals surface area contributed by atoms with E-state index < -0.39 is 22.1 Å². The highest BCUT2D eigenvalue weighted by molar-refractivity contribution is 7.93. The molecule has 4 rings (SSSR count). The Kier molecular flexibility index (Phi) is 8.27. The number of aromatic nitrogens is 3. The maximum Gasteiger partial charge on any atom is 0.303 e. The van der Waals surface area contributed by atoms with Gasteiger partial charge in [-0.3, -0.25) is 18.8 Å². The fraction of sp³-hybridized carbons (Fsp3) is 0.346. The molecule has 3 heterocycles. The average molecular weight is 561 g/mol. The molecule has 0 saturated heterocycles. The van der Waals surface area contributed by atoms with E-state index in [1.807, 2.05) is 13.8 Å². The van der Waals surface area contributed by atoms with Gasteiger partial charge < -0.3 is 14.6 Å². The minimum absolute atomic E-state index is 0.0113. The van der Waals surface area contributed by atoms with Crippen LogP contribution in [0.4, 0.5) is 5.69 Å². The molecule has 202 valence electrons. The number of nitrogens with zero attached hydrogens (tertiary/aromatic N) is 4. The number of carbonyl (C=O) groups is 1. The maximum absolute atomic E-state index is 14.1. The molecule has 12 heteroatoms. The SMILES string of the molecule is CCOc1nn(C(C)C)cc1S(=O)(=O)N1C[C@H](CCC(=O)O)Oc2ccc(/C=C/c3ncccc3Cl)cc21. The van der Waals surface area contributed by atoms with Gasteiger partial charge in [-0.15, -0.1) is 5.10 Å². The number of rotatable bonds is 10. The second kappa shape index (κ2) is 11.4. The Morgan fingerprint density at radius 1 is 1.32 bits per heavy atom. The molecule has 0 saturated carbocycles. The Labute approximate surface area is 226 Å². The third-order valence-corrected chi connectivity index (χ3v) is 7.94. The van der Waals surface area contributed by atoms with Crippen LogP contribution in [-0.4, -0.2) is 53.5 Å². The van der Waals surface area contributed by atoms with E-state index in [0.29, 0.717) is 27.7 Å². The minimum Gasteiger partial charge on any atom is -0.486 e. The van der Waals surface area contributed by atoms with Crippen molar-refractivity contribution in [1.29, 1.82) is 0 Å². The van der Waals surface area contributed by atoms with E-state index in [9.17, 15) is 13.2 Å². The van der Waals surface area contributed by atoms with Gasteiger partial charge in [-0.1, -0.05) is 23.7 Å². The molecule has 0 radical (unpaired) electrons. The molecule has 0 spiro atoms. The summed E-state index contributed by atoms with van der Waals surface area (Å²) in [5.74, 6) is -0.645. The number of aliphatic carboxylic acids is 1. The van der Waals surface area contributed by atoms with Gasteiger partial charge in [0.25, 0.3) is 15.9 Å². The monoisotopic (exact) mass is 560 g/mol. The van der Waals surface area contributed by atoms with Crippen molar-refractivity contribution in [2.45, 2.75) is 50.7 Å². The summed E-state index contributed by atoms with van der Waals surface area (Å²) in [7, 11) is -4.16. The molecule has 2 aromatic heterocycles. The second-order valence-electron chi connectivity index (χ2n) is 8.94. The molecular weight excluding hydrogens is 532 g/mol. The molecule has 0 fully saturated rings. The van der Waals surface area contributed by atoms with Crippen molar-refractivity contribution in [3.63, 3.8) is 0 Å². The van der Waals surface area contributed by atoms with Crippen LogP contribution in [0, 0.1) is 0 Å². The van der Waals surface area contributed by atoms with Gasteiger partial charge in [0.2, 0.25) is 0 Å². The average Bonchev–Trinajstić information content (AvgIpc) is 3.32. The third-order valence-electron chi connectivity index (χ3n) is 5.86. The van der Waals surface area contributed by atoms with Crippen LogP contribution in [0.25, 0.3) is 12.2 Å². The van der Waals surface area contributed by atoms with Gasteiger partial charge in [-0.05, 0) is 63.1 Å². The summed E-state index contributed by atoms with van der Waals surface area (Å²) in [4.78, 5) is 15.4. The lowest BCUT2D eigenvalue weighted by molar-refractivity contribution is -0.137. The Morgan fingerprint density at radius 3 is 2.79 bits per heavy atom. The highest BCUT2D eigenvalue weighted by atomic mass is 35.5. The van der Waals surface area contributed by atoms with Gasteiger partial charge >= 0.3 is 5.97 Å². The van der Waals surface area contributed by atoms with Gasteiger partial charge in [0.15, 0.2) is 4.90 Å². The summed E-state index contributed by atoms with van der Waals surface area (Å²) >= 11 is 6.21. The zero-order valence-electron chi connectivity index (χ0n) is 21.2. The number of sulfonamides is 1. The van der Waals surface area contributed by atoms with E-state index in [0.717, 1.165) is 0 Å². The number of hydrogen-bond acceptors (Lipinski definition) is 7. The normalized spacial score (nSPS) is 15.5. The number of halogens is 1. The predicted octanol–water partition coefficient (Wildman–Crippen LogP) is 4.90. The molecule has 0 aliphatic carbocycles. The van der Waals surface area contributed by atoms with Crippen LogP contribution in [0.15, 0.2) is 47.6 Å². The van der Waals surface area contributed by atoms with Crippen LogP contribution in [0.2, 0.25) is 5.02 Å². The number of ether oxygens (including phenoxy) is 2. The summed E-state index contributed by atoms with van der Waals surface area (Å²) in [5, 5.41) is 14.0. The second-order valence-corrected chi connectivity index (χ2v) is 11.2. The topological polar surface area (TPSA) is 124 Å². The number of pyridine rings is 1. The molecule has 38 heavy (non-hydrogen) atoms. The lowest BCUT2D eigenvalue weighted by Crippen LogP contribution is -2.43. The summed E-state index contributed by atoms with van der Waals surface area (Å²) < 4.78 is 42.5. The van der Waals surface area contributed by atoms with E-state index in [-0.39, 0.29) is 42.8 Å². The molecule has 0 bridgehead atoms. The van der Waals surface area contributed by atoms with Crippen molar-refractivity contribution < 1.29 is 27.8 Å². The van der Waals surface area contributed by atoms with Crippen molar-refractivity contribution in [1.82, 2.24) is 14.8 Å². The van der Waals surface area contributed by atoms with E-state index >= 15 is 0 Å². The molecular formula is C26H29ClN4O6S. The maximum atomic E-state index is 14.1. The predicted molar refractivity (Wildman–Crippen MR) is 144 cm³/mol. The number of carboxylic acids is 1. The van der Waals surface area contributed by atoms with Gasteiger partial charge in [-0.2, -0.15) is 0 Å². The first-order chi connectivity index (χ1) is 18.1. The van der Waals surface area contributed by atoms with Crippen LogP contribution in [0.3, 0.4) is 0 Å². The summed E-state index contributed by atoms with van der Waals surface area (Å²) in [6.45, 7) is 5.70. The van der Waals surface area contributed by atoms with E-state index in [2.05, 4.69) is 10.1 Å². The van der Waals surface area contributed by atoms with Crippen LogP contribution >= 0.6 is 11.6 Å². The smallest absolute Gasteiger partial charge is 0.303 e. The van der Waals surface area contributed by atoms with E-state index in [4.69, 9.17) is 26.2 Å². The first kappa shape index (κ1) is 27.5. The molecule has 1 aromatic carbocycles. The fourth-order valence-electron chi connectivity index (χ4n) is 3.95. The number of carboxylic acid groups (broad SMARTS) is 1. The number of anilines is 1. The van der Waals surface area contributed by atoms with Gasteiger partial charge in [0.05, 0.1) is 29.6 Å². The Morgan fingerprint density at radius 2 is 2.11 bits per heavy atom. The fourth-order valence-corrected chi connectivity index (χ4v) is 5.69. The standard InChI is InChI=1S/C26H29ClN4O6S/c1-4-36-26-24(16-30(29-26)17(2)3)38(34,35)31-15-19(9-12-25(32)33)37-23-11-8-18(14-22(23)31)7-10-21-20(27)6-5-13-28-21/h5-8,10-11,13-14,16-17,19H,4,9,12,15H2,1-3H3,(H,32,33)/b10-7+/t19-/m0/s1. The quantitative estimate of drug-likeness (QED) is 0.371. The molecule has 1 aliphatic heterocycles. The Bertz CT molecular complexity index is 1450. The van der Waals surface area contributed by atoms with Crippen molar-refractivity contribution in [2.24, 2.45) is 0 Å². The summed E-state index contributed by atoms with van der Waals surface area (Å²) in [6.07, 6.45) is 5.93. The van der Waals surface area contributed by atoms with Crippen LogP contribution in [0.1, 0.15) is 50.9 Å². The van der Waals surface area contributed by atoms with E-state index in [1.54, 1.807) is 55.6 Å². The van der Waals surface area contributed by atoms with E-state index in [1.165, 1.54) is 15.2 Å². The molecule has 3 aromatic rings. The minimum atomic E-state index is -4.16. The molecule has 1 atom stereocenters. The molecule has 0 amide bonds. The van der Waals surface area contributed by atoms with Crippen LogP contribution < -0.4 is 13.8 Å². The summed E-state index contributed by atoms with van der Waals surface area (Å²) in [5.41, 5.74) is 1.59. The van der Waals surface area contributed by atoms with Crippen molar-refractivity contribution >= 4 is 45.4 Å². The zero-order chi connectivity index (χ0) is 27.4. The molecule has 10 nitrogen and oxygen atoms in total. The lowest BCUT2D eigenvalue weighted by atomic mass is 10.1. The number of fused-ring (bicyclic) bond motifs is 1. The largest absolute Gasteiger partial charge is 0.486 e. The number of hydrogen-bond donors (Lipinski definition) is 1. The highest BCUT2D eigenvalue weighted by Crippen LogP contribution is 2.40. The molecule has 0 unspecified atom stereocenters.